The third-order valence-corrected chi connectivity index (χ3v) is 19.1. The van der Waals surface area contributed by atoms with Crippen molar-refractivity contribution in [2.75, 3.05) is 9.80 Å². The molecule has 0 N–H and O–H groups in total. The van der Waals surface area contributed by atoms with Gasteiger partial charge in [-0.2, -0.15) is 0 Å². The maximum absolute atomic E-state index is 6.60. The maximum Gasteiger partial charge on any atom is 0.160 e. The van der Waals surface area contributed by atoms with Crippen molar-refractivity contribution in [3.63, 3.8) is 0 Å². The van der Waals surface area contributed by atoms with E-state index in [0.29, 0.717) is 11.6 Å². The summed E-state index contributed by atoms with van der Waals surface area (Å²) in [5, 5.41) is 4.36. The van der Waals surface area contributed by atoms with Crippen molar-refractivity contribution in [3.8, 4) is 112 Å². The standard InChI is InChI=1S/2C46H29N3O/c1-3-12-30(13-4-1)41-29-42-34-17-9-14-31(24-34)32-15-11-21-37(26-32)49(36-19-5-2-6-20-36)38-27-40(33-16-10-18-35(25-33)46(47-41)48-42)45-39-22-7-8-23-43(39)50-44(45)28-38;1-2-10-30(11-3-1)42-29-43-35-16-6-12-31(24-35)33-14-8-18-37(26-33)49(39-22-23-45-41(28-39)40-20-4-5-21-44(40)50-45)38-19-9-15-34(27-38)32-13-7-17-36(25-32)46(47-42)48-43/h2*1-29H. The molecule has 0 radical (unpaired) electrons. The molecule has 4 aromatic heterocycles. The Hall–Kier alpha value is -13.6. The highest BCUT2D eigenvalue weighted by Gasteiger charge is 2.24. The Morgan fingerprint density at radius 1 is 0.190 bits per heavy atom. The van der Waals surface area contributed by atoms with Crippen molar-refractivity contribution < 1.29 is 8.83 Å². The predicted octanol–water partition coefficient (Wildman–Crippen LogP) is 25.0. The summed E-state index contributed by atoms with van der Waals surface area (Å²) in [6.45, 7) is 0. The third-order valence-electron chi connectivity index (χ3n) is 19.1. The molecule has 0 fully saturated rings. The van der Waals surface area contributed by atoms with Crippen LogP contribution in [0.25, 0.3) is 156 Å². The molecule has 20 bridgehead atoms. The van der Waals surface area contributed by atoms with Gasteiger partial charge in [-0.1, -0.05) is 224 Å². The zero-order valence-electron chi connectivity index (χ0n) is 54.0. The van der Waals surface area contributed by atoms with E-state index in [4.69, 9.17) is 28.8 Å². The SMILES string of the molecule is c1ccc(-c2cc3nc(n2)-c2cccc(c2)-c2cc(cc4oc5ccccc5c24)N(c2ccccc2)c2cccc(c2)-c2cccc-3c2)cc1.c1ccc(-c2cc3nc(n2)-c2cccc(c2)-c2cccc(c2)N(c2ccc4oc5ccccc5c4c2)c2cccc(c2)-c2cccc-3c2)cc1. The normalized spacial score (nSPS) is 12.0. The third kappa shape index (κ3) is 10.6. The molecule has 2 aliphatic rings. The Morgan fingerprint density at radius 2 is 0.540 bits per heavy atom. The molecule has 100 heavy (non-hydrogen) atoms. The number of hydrogen-bond acceptors (Lipinski definition) is 8. The van der Waals surface area contributed by atoms with Crippen LogP contribution in [-0.4, -0.2) is 19.9 Å². The summed E-state index contributed by atoms with van der Waals surface area (Å²) >= 11 is 0. The van der Waals surface area contributed by atoms with Crippen LogP contribution in [-0.2, 0) is 0 Å². The summed E-state index contributed by atoms with van der Waals surface area (Å²) in [6.07, 6.45) is 0. The van der Waals surface area contributed by atoms with Gasteiger partial charge in [0.2, 0.25) is 0 Å². The van der Waals surface area contributed by atoms with Gasteiger partial charge in [-0.05, 0) is 166 Å². The molecule has 8 nitrogen and oxygen atoms in total. The number of anilines is 6. The largest absolute Gasteiger partial charge is 0.456 e. The van der Waals surface area contributed by atoms with Crippen LogP contribution >= 0.6 is 0 Å². The average molecular weight is 1280 g/mol. The van der Waals surface area contributed by atoms with Gasteiger partial charge in [0, 0.05) is 89.4 Å². The van der Waals surface area contributed by atoms with E-state index in [1.54, 1.807) is 0 Å². The molecule has 0 spiro atoms. The number of hydrogen-bond donors (Lipinski definition) is 0. The van der Waals surface area contributed by atoms with Crippen LogP contribution in [0.5, 0.6) is 0 Å². The highest BCUT2D eigenvalue weighted by Crippen LogP contribution is 2.47. The van der Waals surface area contributed by atoms with Gasteiger partial charge in [-0.3, -0.25) is 0 Å². The van der Waals surface area contributed by atoms with Crippen molar-refractivity contribution in [2.45, 2.75) is 0 Å². The first-order valence-corrected chi connectivity index (χ1v) is 33.6. The first-order chi connectivity index (χ1) is 49.5. The number of aromatic nitrogens is 4. The molecule has 0 amide bonds. The second-order valence-electron chi connectivity index (χ2n) is 25.4. The Balaban J connectivity index is 0.000000139. The Kier molecular flexibility index (Phi) is 14.0. The highest BCUT2D eigenvalue weighted by atomic mass is 16.3. The number of rotatable bonds is 4. The van der Waals surface area contributed by atoms with Crippen LogP contribution in [0.4, 0.5) is 34.1 Å². The quantitative estimate of drug-likeness (QED) is 0.172. The number of nitrogens with zero attached hydrogens (tertiary/aromatic N) is 6. The van der Waals surface area contributed by atoms with Gasteiger partial charge in [0.05, 0.1) is 28.5 Å². The highest BCUT2D eigenvalue weighted by molar-refractivity contribution is 6.14. The number of furan rings is 2. The van der Waals surface area contributed by atoms with Gasteiger partial charge in [0.25, 0.3) is 0 Å². The lowest BCUT2D eigenvalue weighted by Gasteiger charge is -2.27. The Bertz CT molecular complexity index is 6090. The molecule has 18 aromatic rings. The molecule has 2 aliphatic heterocycles. The van der Waals surface area contributed by atoms with Crippen LogP contribution in [0.2, 0.25) is 0 Å². The van der Waals surface area contributed by atoms with Crippen LogP contribution in [0.1, 0.15) is 0 Å². The lowest BCUT2D eigenvalue weighted by Crippen LogP contribution is -2.10. The molecule has 14 aromatic carbocycles. The lowest BCUT2D eigenvalue weighted by atomic mass is 9.95. The van der Waals surface area contributed by atoms with Gasteiger partial charge < -0.3 is 18.6 Å². The summed E-state index contributed by atoms with van der Waals surface area (Å²) in [7, 11) is 0. The fraction of sp³-hybridized carbons (Fsp3) is 0. The lowest BCUT2D eigenvalue weighted by molar-refractivity contribution is 0.668. The van der Waals surface area contributed by atoms with E-state index in [-0.39, 0.29) is 0 Å². The minimum atomic E-state index is 0.679. The smallest absolute Gasteiger partial charge is 0.160 e. The fourth-order valence-corrected chi connectivity index (χ4v) is 14.3. The molecule has 0 unspecified atom stereocenters. The Labute approximate surface area is 577 Å². The molecular formula is C92H58N6O2. The van der Waals surface area contributed by atoms with E-state index in [1.165, 1.54) is 0 Å². The van der Waals surface area contributed by atoms with Gasteiger partial charge in [0.1, 0.15) is 22.3 Å². The minimum Gasteiger partial charge on any atom is -0.456 e. The van der Waals surface area contributed by atoms with Gasteiger partial charge >= 0.3 is 0 Å². The molecule has 8 heteroatoms. The van der Waals surface area contributed by atoms with Crippen LogP contribution in [0, 0.1) is 0 Å². The number of benzene rings is 14. The van der Waals surface area contributed by atoms with Crippen molar-refractivity contribution >= 4 is 78.0 Å². The molecule has 0 atom stereocenters. The van der Waals surface area contributed by atoms with Crippen molar-refractivity contribution in [3.05, 3.63) is 352 Å². The van der Waals surface area contributed by atoms with Crippen molar-refractivity contribution in [2.24, 2.45) is 0 Å². The van der Waals surface area contributed by atoms with Crippen LogP contribution in [0.15, 0.2) is 361 Å². The van der Waals surface area contributed by atoms with E-state index in [2.05, 4.69) is 325 Å². The van der Waals surface area contributed by atoms with Crippen LogP contribution in [0.3, 0.4) is 0 Å². The average Bonchev–Trinajstić information content (AvgIpc) is 1.52. The van der Waals surface area contributed by atoms with E-state index in [9.17, 15) is 0 Å². The molecule has 468 valence electrons. The summed E-state index contributed by atoms with van der Waals surface area (Å²) in [4.78, 5) is 25.3. The molecule has 0 aliphatic carbocycles. The van der Waals surface area contributed by atoms with E-state index in [0.717, 1.165) is 179 Å². The van der Waals surface area contributed by atoms with E-state index < -0.39 is 0 Å². The molecule has 6 heterocycles. The zero-order chi connectivity index (χ0) is 66.0. The number of fused-ring (bicyclic) bond motifs is 35. The van der Waals surface area contributed by atoms with Gasteiger partial charge in [-0.25, -0.2) is 19.9 Å². The zero-order valence-corrected chi connectivity index (χ0v) is 54.0. The van der Waals surface area contributed by atoms with Crippen molar-refractivity contribution in [1.82, 2.24) is 19.9 Å². The monoisotopic (exact) mass is 1280 g/mol. The molecule has 0 saturated heterocycles. The first-order valence-electron chi connectivity index (χ1n) is 33.6. The molecule has 20 rings (SSSR count). The van der Waals surface area contributed by atoms with Crippen LogP contribution < -0.4 is 9.80 Å². The topological polar surface area (TPSA) is 84.3 Å². The fourth-order valence-electron chi connectivity index (χ4n) is 14.3. The van der Waals surface area contributed by atoms with E-state index >= 15 is 0 Å². The molecule has 0 saturated carbocycles. The maximum atomic E-state index is 6.60. The minimum absolute atomic E-state index is 0.679. The predicted molar refractivity (Wildman–Crippen MR) is 409 cm³/mol. The van der Waals surface area contributed by atoms with Gasteiger partial charge in [0.15, 0.2) is 11.6 Å². The summed E-state index contributed by atoms with van der Waals surface area (Å²) < 4.78 is 12.8. The second-order valence-corrected chi connectivity index (χ2v) is 25.4. The first kappa shape index (κ1) is 57.9. The second kappa shape index (κ2) is 24.3. The van der Waals surface area contributed by atoms with Crippen molar-refractivity contribution in [1.29, 1.82) is 0 Å². The van der Waals surface area contributed by atoms with Gasteiger partial charge in [-0.15, -0.1) is 0 Å². The summed E-state index contributed by atoms with van der Waals surface area (Å²) in [5.74, 6) is 1.37. The number of para-hydroxylation sites is 3. The summed E-state index contributed by atoms with van der Waals surface area (Å²) in [6, 6.07) is 124. The van der Waals surface area contributed by atoms with E-state index in [1.807, 2.05) is 36.4 Å². The Morgan fingerprint density at radius 3 is 1.08 bits per heavy atom. The summed E-state index contributed by atoms with van der Waals surface area (Å²) in [5.41, 5.74) is 28.2. The molecular weight excluding hydrogens is 1220 g/mol.